The quantitative estimate of drug-likeness (QED) is 0.753. The van der Waals surface area contributed by atoms with Crippen LogP contribution in [0.4, 0.5) is 0 Å². The van der Waals surface area contributed by atoms with E-state index in [1.54, 1.807) is 13.0 Å². The molecule has 0 saturated carbocycles. The Bertz CT molecular complexity index is 775. The summed E-state index contributed by atoms with van der Waals surface area (Å²) in [7, 11) is -6.96. The van der Waals surface area contributed by atoms with Crippen LogP contribution in [0, 0.1) is 0 Å². The summed E-state index contributed by atoms with van der Waals surface area (Å²) in [5.74, 6) is 0.0535. The zero-order valence-corrected chi connectivity index (χ0v) is 16.5. The number of benzene rings is 1. The molecule has 0 aliphatic carbocycles. The molecule has 0 amide bonds. The third kappa shape index (κ3) is 4.67. The van der Waals surface area contributed by atoms with E-state index in [1.165, 1.54) is 16.4 Å². The Morgan fingerprint density at radius 3 is 2.39 bits per heavy atom. The predicted molar refractivity (Wildman–Crippen MR) is 93.5 cm³/mol. The van der Waals surface area contributed by atoms with Gasteiger partial charge in [-0.3, -0.25) is 0 Å². The fourth-order valence-electron chi connectivity index (χ4n) is 2.41. The van der Waals surface area contributed by atoms with Crippen LogP contribution in [0.3, 0.4) is 0 Å². The summed E-state index contributed by atoms with van der Waals surface area (Å²) in [4.78, 5) is 0.0194. The minimum atomic E-state index is -3.74. The molecule has 0 bridgehead atoms. The Balaban J connectivity index is 2.06. The van der Waals surface area contributed by atoms with Crippen molar-refractivity contribution in [2.75, 3.05) is 18.8 Å². The van der Waals surface area contributed by atoms with Gasteiger partial charge in [0, 0.05) is 23.6 Å². The first kappa shape index (κ1) is 19.1. The first-order valence-corrected chi connectivity index (χ1v) is 11.4. The van der Waals surface area contributed by atoms with Crippen molar-refractivity contribution in [3.8, 4) is 0 Å². The van der Waals surface area contributed by atoms with Crippen molar-refractivity contribution in [2.24, 2.45) is 0 Å². The molecule has 0 spiro atoms. The summed E-state index contributed by atoms with van der Waals surface area (Å²) in [6, 6.07) is 4.26. The molecule has 0 radical (unpaired) electrons. The average Bonchev–Trinajstić information content (AvgIpc) is 2.47. The van der Waals surface area contributed by atoms with Gasteiger partial charge in [-0.1, -0.05) is 27.5 Å². The van der Waals surface area contributed by atoms with Crippen LogP contribution in [0.5, 0.6) is 0 Å². The van der Waals surface area contributed by atoms with Crippen LogP contribution in [-0.4, -0.2) is 46.0 Å². The molecule has 0 aromatic heterocycles. The normalized spacial score (nSPS) is 18.2. The van der Waals surface area contributed by atoms with Crippen molar-refractivity contribution in [2.45, 2.75) is 30.7 Å². The first-order valence-electron chi connectivity index (χ1n) is 7.11. The van der Waals surface area contributed by atoms with E-state index in [2.05, 4.69) is 20.7 Å². The van der Waals surface area contributed by atoms with Gasteiger partial charge in [0.25, 0.3) is 0 Å². The number of nitrogens with zero attached hydrogens (tertiary/aromatic N) is 1. The molecule has 130 valence electrons. The molecular weight excluding hydrogens is 428 g/mol. The molecule has 10 heteroatoms. The topological polar surface area (TPSA) is 83.6 Å². The van der Waals surface area contributed by atoms with Gasteiger partial charge in [-0.2, -0.15) is 0 Å². The highest BCUT2D eigenvalue weighted by atomic mass is 79.9. The van der Waals surface area contributed by atoms with E-state index < -0.39 is 20.0 Å². The number of rotatable bonds is 5. The van der Waals surface area contributed by atoms with Crippen LogP contribution in [-0.2, 0) is 20.0 Å². The van der Waals surface area contributed by atoms with Gasteiger partial charge in [-0.25, -0.2) is 25.9 Å². The first-order chi connectivity index (χ1) is 10.7. The minimum absolute atomic E-state index is 0.0194. The smallest absolute Gasteiger partial charge is 0.212 e. The highest BCUT2D eigenvalue weighted by molar-refractivity contribution is 9.10. The number of nitrogens with one attached hydrogen (secondary N) is 1. The number of piperidine rings is 1. The Labute approximate surface area is 150 Å². The second kappa shape index (κ2) is 7.37. The molecule has 1 aliphatic heterocycles. The number of hydrogen-bond donors (Lipinski definition) is 1. The van der Waals surface area contributed by atoms with Crippen molar-refractivity contribution in [1.82, 2.24) is 9.03 Å². The van der Waals surface area contributed by atoms with Crippen LogP contribution in [0.15, 0.2) is 27.6 Å². The molecule has 1 aliphatic rings. The maximum atomic E-state index is 12.4. The summed E-state index contributed by atoms with van der Waals surface area (Å²) in [6.07, 6.45) is 0.874. The Morgan fingerprint density at radius 1 is 1.26 bits per heavy atom. The van der Waals surface area contributed by atoms with Gasteiger partial charge in [0.05, 0.1) is 10.8 Å². The van der Waals surface area contributed by atoms with Gasteiger partial charge in [-0.05, 0) is 38.0 Å². The van der Waals surface area contributed by atoms with Crippen LogP contribution >= 0.6 is 27.5 Å². The monoisotopic (exact) mass is 444 g/mol. The third-order valence-electron chi connectivity index (χ3n) is 3.72. The molecule has 1 aromatic carbocycles. The van der Waals surface area contributed by atoms with Gasteiger partial charge >= 0.3 is 0 Å². The Hall–Kier alpha value is -0.190. The van der Waals surface area contributed by atoms with E-state index in [0.717, 1.165) is 0 Å². The third-order valence-corrected chi connectivity index (χ3v) is 8.10. The van der Waals surface area contributed by atoms with Crippen LogP contribution in [0.1, 0.15) is 19.8 Å². The summed E-state index contributed by atoms with van der Waals surface area (Å²) in [5.41, 5.74) is 0. The molecule has 1 N–H and O–H groups in total. The molecule has 6 nitrogen and oxygen atoms in total. The second-order valence-electron chi connectivity index (χ2n) is 5.27. The van der Waals surface area contributed by atoms with Crippen molar-refractivity contribution in [3.05, 3.63) is 27.7 Å². The number of sulfonamides is 2. The fraction of sp³-hybridized carbons (Fsp3) is 0.538. The van der Waals surface area contributed by atoms with Gasteiger partial charge in [0.1, 0.15) is 4.90 Å². The van der Waals surface area contributed by atoms with Crippen molar-refractivity contribution >= 4 is 47.6 Å². The van der Waals surface area contributed by atoms with Crippen LogP contribution < -0.4 is 4.72 Å². The molecule has 1 fully saturated rings. The van der Waals surface area contributed by atoms with E-state index in [4.69, 9.17) is 11.6 Å². The maximum Gasteiger partial charge on any atom is 0.242 e. The standard InChI is InChI=1S/C13H18BrClN2O4S2/c1-2-22(18,19)17-7-5-11(6-8-17)16-23(20,21)13-4-3-10(14)9-12(13)15/h3-4,9,11,16H,2,5-8H2,1H3. The van der Waals surface area contributed by atoms with Crippen molar-refractivity contribution in [3.63, 3.8) is 0 Å². The van der Waals surface area contributed by atoms with E-state index in [-0.39, 0.29) is 21.7 Å². The molecule has 0 atom stereocenters. The highest BCUT2D eigenvalue weighted by Crippen LogP contribution is 2.26. The lowest BCUT2D eigenvalue weighted by atomic mass is 10.1. The predicted octanol–water partition coefficient (Wildman–Crippen LogP) is 2.19. The molecule has 1 aromatic rings. The summed E-state index contributed by atoms with van der Waals surface area (Å²) in [5, 5.41) is 0.137. The van der Waals surface area contributed by atoms with Gasteiger partial charge in [0.2, 0.25) is 20.0 Å². The lowest BCUT2D eigenvalue weighted by molar-refractivity contribution is 0.309. The minimum Gasteiger partial charge on any atom is -0.212 e. The van der Waals surface area contributed by atoms with Crippen molar-refractivity contribution in [1.29, 1.82) is 0 Å². The summed E-state index contributed by atoms with van der Waals surface area (Å²) < 4.78 is 53.2. The fourth-order valence-corrected chi connectivity index (χ4v) is 5.89. The second-order valence-corrected chi connectivity index (χ2v) is 10.5. The number of hydrogen-bond acceptors (Lipinski definition) is 4. The highest BCUT2D eigenvalue weighted by Gasteiger charge is 2.29. The average molecular weight is 446 g/mol. The zero-order valence-electron chi connectivity index (χ0n) is 12.5. The van der Waals surface area contributed by atoms with Crippen LogP contribution in [0.25, 0.3) is 0 Å². The molecule has 1 heterocycles. The van der Waals surface area contributed by atoms with E-state index in [1.807, 2.05) is 0 Å². The van der Waals surface area contributed by atoms with E-state index >= 15 is 0 Å². The summed E-state index contributed by atoms with van der Waals surface area (Å²) >= 11 is 9.23. The maximum absolute atomic E-state index is 12.4. The lowest BCUT2D eigenvalue weighted by Crippen LogP contribution is -2.46. The van der Waals surface area contributed by atoms with Gasteiger partial charge in [-0.15, -0.1) is 0 Å². The lowest BCUT2D eigenvalue weighted by Gasteiger charge is -2.31. The SMILES string of the molecule is CCS(=O)(=O)N1CCC(NS(=O)(=O)c2ccc(Br)cc2Cl)CC1. The van der Waals surface area contributed by atoms with E-state index in [0.29, 0.717) is 30.4 Å². The molecule has 0 unspecified atom stereocenters. The number of halogens is 2. The molecule has 2 rings (SSSR count). The molecule has 23 heavy (non-hydrogen) atoms. The largest absolute Gasteiger partial charge is 0.242 e. The van der Waals surface area contributed by atoms with Crippen molar-refractivity contribution < 1.29 is 16.8 Å². The zero-order chi connectivity index (χ0) is 17.3. The Morgan fingerprint density at radius 2 is 1.87 bits per heavy atom. The molecule has 1 saturated heterocycles. The van der Waals surface area contributed by atoms with Gasteiger partial charge < -0.3 is 0 Å². The molecular formula is C13H18BrClN2O4S2. The van der Waals surface area contributed by atoms with Gasteiger partial charge in [0.15, 0.2) is 0 Å². The van der Waals surface area contributed by atoms with E-state index in [9.17, 15) is 16.8 Å². The summed E-state index contributed by atoms with van der Waals surface area (Å²) in [6.45, 7) is 2.23. The van der Waals surface area contributed by atoms with Crippen LogP contribution in [0.2, 0.25) is 5.02 Å². The Kier molecular flexibility index (Phi) is 6.13.